The van der Waals surface area contributed by atoms with E-state index in [2.05, 4.69) is 5.32 Å². The van der Waals surface area contributed by atoms with Crippen molar-refractivity contribution in [2.24, 2.45) is 16.3 Å². The minimum atomic E-state index is -3.51. The van der Waals surface area contributed by atoms with Crippen LogP contribution in [0.25, 0.3) is 0 Å². The van der Waals surface area contributed by atoms with Crippen LogP contribution in [0.5, 0.6) is 0 Å². The van der Waals surface area contributed by atoms with Gasteiger partial charge in [0.1, 0.15) is 11.9 Å². The molecule has 2 bridgehead atoms. The number of rotatable bonds is 10. The topological polar surface area (TPSA) is 78.8 Å². The quantitative estimate of drug-likeness (QED) is 0.336. The second kappa shape index (κ2) is 9.92. The second-order valence-corrected chi connectivity index (χ2v) is 15.6. The molecular weight excluding hydrogens is 567 g/mol. The van der Waals surface area contributed by atoms with E-state index >= 15 is 0 Å². The Kier molecular flexibility index (Phi) is 7.43. The zero-order valence-corrected chi connectivity index (χ0v) is 25.0. The number of aliphatic imine (C=N–C) groups is 1. The smallest absolute Gasteiger partial charge is 0.248 e. The van der Waals surface area contributed by atoms with Crippen LogP contribution in [0.1, 0.15) is 84.1 Å². The van der Waals surface area contributed by atoms with Crippen LogP contribution in [-0.2, 0) is 21.4 Å². The van der Waals surface area contributed by atoms with Crippen LogP contribution in [0.4, 0.5) is 8.78 Å². The van der Waals surface area contributed by atoms with Crippen LogP contribution in [0.15, 0.2) is 23.2 Å². The molecule has 0 aromatic heterocycles. The average molecular weight is 605 g/mol. The van der Waals surface area contributed by atoms with E-state index in [1.807, 2.05) is 20.8 Å². The number of carbonyl (C=O) groups excluding carboxylic acids is 1. The number of nitrogens with one attached hydrogen (secondary N) is 1. The number of ketones is 1. The molecule has 4 saturated carbocycles. The van der Waals surface area contributed by atoms with Gasteiger partial charge in [-0.15, -0.1) is 0 Å². The number of carbonyl (C=O) groups is 1. The van der Waals surface area contributed by atoms with Gasteiger partial charge in [0, 0.05) is 36.8 Å². The number of sulfonamides is 1. The molecule has 5 aliphatic rings. The Balaban J connectivity index is 1.29. The third-order valence-electron chi connectivity index (χ3n) is 9.16. The van der Waals surface area contributed by atoms with E-state index in [4.69, 9.17) is 28.2 Å². The molecule has 0 unspecified atom stereocenters. The summed E-state index contributed by atoms with van der Waals surface area (Å²) in [6, 6.07) is 4.63. The first kappa shape index (κ1) is 29.2. The van der Waals surface area contributed by atoms with Gasteiger partial charge < -0.3 is 5.32 Å². The van der Waals surface area contributed by atoms with Gasteiger partial charge in [-0.1, -0.05) is 36.2 Å². The van der Waals surface area contributed by atoms with Crippen molar-refractivity contribution in [3.05, 3.63) is 33.8 Å². The van der Waals surface area contributed by atoms with E-state index in [0.29, 0.717) is 48.6 Å². The highest BCUT2D eigenvalue weighted by Crippen LogP contribution is 2.71. The molecule has 1 heterocycles. The van der Waals surface area contributed by atoms with Gasteiger partial charge in [0.2, 0.25) is 15.9 Å². The maximum Gasteiger partial charge on any atom is 0.248 e. The summed E-state index contributed by atoms with van der Waals surface area (Å²) in [7, 11) is -3.51. The zero-order chi connectivity index (χ0) is 28.4. The van der Waals surface area contributed by atoms with E-state index in [9.17, 15) is 22.0 Å². The lowest BCUT2D eigenvalue weighted by Gasteiger charge is -2.73. The number of benzene rings is 1. The summed E-state index contributed by atoms with van der Waals surface area (Å²) in [6.07, 6.45) is 3.14. The second-order valence-electron chi connectivity index (χ2n) is 12.8. The summed E-state index contributed by atoms with van der Waals surface area (Å²) in [6.45, 7) is 5.98. The summed E-state index contributed by atoms with van der Waals surface area (Å²) in [5.41, 5.74) is -0.547. The van der Waals surface area contributed by atoms with Crippen LogP contribution in [0.2, 0.25) is 10.0 Å². The third-order valence-corrected chi connectivity index (χ3v) is 12.0. The third kappa shape index (κ3) is 5.38. The van der Waals surface area contributed by atoms with Crippen LogP contribution >= 0.6 is 23.2 Å². The molecule has 1 aliphatic heterocycles. The maximum atomic E-state index is 13.6. The minimum absolute atomic E-state index is 0.00852. The fourth-order valence-corrected chi connectivity index (χ4v) is 9.31. The van der Waals surface area contributed by atoms with Gasteiger partial charge in [-0.25, -0.2) is 17.2 Å². The normalized spacial score (nSPS) is 31.3. The van der Waals surface area contributed by atoms with Crippen molar-refractivity contribution in [3.63, 3.8) is 0 Å². The SMILES string of the molecule is CCCS(=O)(=O)N(Cc1ccc(Cl)c(Cl)c1)C12CC(C3=N[C@@H](C(=O)CC4CCC(F)(F)CC4)C(C)(C)N3)(C1)C2. The summed E-state index contributed by atoms with van der Waals surface area (Å²) < 4.78 is 55.5. The van der Waals surface area contributed by atoms with Crippen LogP contribution in [-0.4, -0.2) is 53.1 Å². The Hall–Kier alpha value is -1.29. The van der Waals surface area contributed by atoms with Crippen LogP contribution < -0.4 is 5.32 Å². The van der Waals surface area contributed by atoms with Crippen molar-refractivity contribution < 1.29 is 22.0 Å². The Morgan fingerprint density at radius 3 is 2.36 bits per heavy atom. The molecule has 6 rings (SSSR count). The highest BCUT2D eigenvalue weighted by atomic mass is 35.5. The van der Waals surface area contributed by atoms with Crippen molar-refractivity contribution in [2.45, 2.75) is 108 Å². The van der Waals surface area contributed by atoms with Crippen LogP contribution in [0, 0.1) is 11.3 Å². The predicted molar refractivity (Wildman–Crippen MR) is 150 cm³/mol. The Bertz CT molecular complexity index is 1270. The fraction of sp³-hybridized carbons (Fsp3) is 0.714. The Morgan fingerprint density at radius 2 is 1.77 bits per heavy atom. The molecule has 0 amide bonds. The molecular formula is C28H37Cl2F2N3O3S. The average Bonchev–Trinajstić information content (AvgIpc) is 3.10. The van der Waals surface area contributed by atoms with Gasteiger partial charge in [0.25, 0.3) is 0 Å². The molecule has 1 N–H and O–H groups in total. The van der Waals surface area contributed by atoms with E-state index < -0.39 is 33.1 Å². The van der Waals surface area contributed by atoms with E-state index in [-0.39, 0.29) is 48.7 Å². The Morgan fingerprint density at radius 1 is 1.13 bits per heavy atom. The lowest BCUT2D eigenvalue weighted by molar-refractivity contribution is -0.151. The molecule has 11 heteroatoms. The van der Waals surface area contributed by atoms with Gasteiger partial charge in [0.15, 0.2) is 5.78 Å². The van der Waals surface area contributed by atoms with Crippen molar-refractivity contribution in [1.82, 2.24) is 9.62 Å². The highest BCUT2D eigenvalue weighted by molar-refractivity contribution is 7.89. The van der Waals surface area contributed by atoms with Gasteiger partial charge in [0.05, 0.1) is 21.3 Å². The molecule has 0 spiro atoms. The predicted octanol–water partition coefficient (Wildman–Crippen LogP) is 6.39. The number of alkyl halides is 2. The molecule has 1 aromatic carbocycles. The van der Waals surface area contributed by atoms with Crippen molar-refractivity contribution >= 4 is 44.8 Å². The first-order valence-corrected chi connectivity index (χ1v) is 16.2. The summed E-state index contributed by atoms with van der Waals surface area (Å²) in [4.78, 5) is 18.1. The number of amidine groups is 1. The molecule has 0 radical (unpaired) electrons. The maximum absolute atomic E-state index is 13.6. The molecule has 4 fully saturated rings. The van der Waals surface area contributed by atoms with Gasteiger partial charge in [-0.2, -0.15) is 4.31 Å². The number of Topliss-reactive ketones (excluding diaryl/α,β-unsaturated/α-hetero) is 1. The van der Waals surface area contributed by atoms with E-state index in [1.165, 1.54) is 0 Å². The Labute approximate surface area is 240 Å². The molecule has 1 aromatic rings. The summed E-state index contributed by atoms with van der Waals surface area (Å²) in [5.74, 6) is -1.80. The van der Waals surface area contributed by atoms with Crippen molar-refractivity contribution in [1.29, 1.82) is 0 Å². The van der Waals surface area contributed by atoms with E-state index in [0.717, 1.165) is 11.4 Å². The number of nitrogens with zero attached hydrogens (tertiary/aromatic N) is 2. The summed E-state index contributed by atoms with van der Waals surface area (Å²) >= 11 is 12.3. The summed E-state index contributed by atoms with van der Waals surface area (Å²) in [5, 5.41) is 4.30. The van der Waals surface area contributed by atoms with Crippen LogP contribution in [0.3, 0.4) is 0 Å². The number of hydrogen-bond acceptors (Lipinski definition) is 5. The molecule has 216 valence electrons. The lowest BCUT2D eigenvalue weighted by Crippen LogP contribution is -2.78. The largest absolute Gasteiger partial charge is 0.366 e. The molecule has 39 heavy (non-hydrogen) atoms. The van der Waals surface area contributed by atoms with Gasteiger partial charge >= 0.3 is 0 Å². The molecule has 0 saturated heterocycles. The lowest BCUT2D eigenvalue weighted by atomic mass is 9.38. The number of halogens is 4. The van der Waals surface area contributed by atoms with Crippen molar-refractivity contribution in [3.8, 4) is 0 Å². The van der Waals surface area contributed by atoms with Crippen molar-refractivity contribution in [2.75, 3.05) is 5.75 Å². The first-order chi connectivity index (χ1) is 18.1. The monoisotopic (exact) mass is 603 g/mol. The standard InChI is InChI=1S/C28H37Cl2F2N3O3S/c1-4-11-39(37,38)35(14-19-5-6-20(29)21(30)12-19)27-15-26(16-27,17-27)24-33-23(25(2,3)34-24)22(36)13-18-7-9-28(31,32)10-8-18/h5-6,12,18,23H,4,7-11,13-17H2,1-3H3,(H,33,34)/t23-,26?,27?/m0/s1. The molecule has 6 nitrogen and oxygen atoms in total. The van der Waals surface area contributed by atoms with E-state index in [1.54, 1.807) is 22.5 Å². The fourth-order valence-electron chi connectivity index (χ4n) is 7.12. The zero-order valence-electron chi connectivity index (χ0n) is 22.7. The van der Waals surface area contributed by atoms with Gasteiger partial charge in [-0.3, -0.25) is 9.79 Å². The minimum Gasteiger partial charge on any atom is -0.366 e. The molecule has 1 atom stereocenters. The first-order valence-electron chi connectivity index (χ1n) is 13.8. The number of hydrogen-bond donors (Lipinski definition) is 1. The van der Waals surface area contributed by atoms with Gasteiger partial charge in [-0.05, 0) is 76.0 Å². The highest BCUT2D eigenvalue weighted by Gasteiger charge is 2.75. The molecule has 4 aliphatic carbocycles.